The van der Waals surface area contributed by atoms with E-state index in [1.165, 1.54) is 47.4 Å². The molecule has 128 valence electrons. The lowest BCUT2D eigenvalue weighted by Crippen LogP contribution is -2.30. The molecular formula is C19H15F2NOS2. The Kier molecular flexibility index (Phi) is 5.83. The Bertz CT molecular complexity index is 818. The Hall–Kier alpha value is -2.18. The quantitative estimate of drug-likeness (QED) is 0.613. The van der Waals surface area contributed by atoms with Gasteiger partial charge in [0.15, 0.2) is 0 Å². The van der Waals surface area contributed by atoms with Gasteiger partial charge in [-0.3, -0.25) is 4.79 Å². The van der Waals surface area contributed by atoms with Crippen molar-refractivity contribution in [2.45, 2.75) is 10.9 Å². The minimum atomic E-state index is -0.318. The second-order valence-electron chi connectivity index (χ2n) is 5.31. The van der Waals surface area contributed by atoms with E-state index in [0.717, 1.165) is 15.3 Å². The van der Waals surface area contributed by atoms with Crippen molar-refractivity contribution in [1.29, 1.82) is 0 Å². The van der Waals surface area contributed by atoms with Crippen LogP contribution in [0.5, 0.6) is 0 Å². The largest absolute Gasteiger partial charge is 0.344 e. The van der Waals surface area contributed by atoms with Crippen molar-refractivity contribution in [3.8, 4) is 0 Å². The zero-order valence-corrected chi connectivity index (χ0v) is 14.7. The van der Waals surface area contributed by atoms with E-state index in [4.69, 9.17) is 0 Å². The molecule has 1 aromatic heterocycles. The molecule has 2 aromatic carbocycles. The van der Waals surface area contributed by atoms with Crippen LogP contribution >= 0.6 is 23.1 Å². The SMILES string of the molecule is O=C(CSc1ccc(F)cc1)NC(c1ccc(F)cc1)c1cccs1. The summed E-state index contributed by atoms with van der Waals surface area (Å²) in [6.45, 7) is 0. The molecule has 0 saturated heterocycles. The van der Waals surface area contributed by atoms with Gasteiger partial charge in [-0.05, 0) is 53.4 Å². The maximum absolute atomic E-state index is 13.2. The smallest absolute Gasteiger partial charge is 0.231 e. The Morgan fingerprint density at radius 1 is 1.00 bits per heavy atom. The first-order valence-electron chi connectivity index (χ1n) is 7.58. The summed E-state index contributed by atoms with van der Waals surface area (Å²) in [5, 5.41) is 4.93. The van der Waals surface area contributed by atoms with Crippen molar-refractivity contribution in [2.24, 2.45) is 0 Å². The van der Waals surface area contributed by atoms with Crippen LogP contribution < -0.4 is 5.32 Å². The molecule has 1 atom stereocenters. The van der Waals surface area contributed by atoms with Crippen molar-refractivity contribution < 1.29 is 13.6 Å². The highest BCUT2D eigenvalue weighted by molar-refractivity contribution is 8.00. The van der Waals surface area contributed by atoms with Gasteiger partial charge in [-0.1, -0.05) is 18.2 Å². The highest BCUT2D eigenvalue weighted by Gasteiger charge is 2.18. The summed E-state index contributed by atoms with van der Waals surface area (Å²) in [7, 11) is 0. The summed E-state index contributed by atoms with van der Waals surface area (Å²) in [5.41, 5.74) is 0.823. The second-order valence-corrected chi connectivity index (χ2v) is 7.34. The number of amides is 1. The summed E-state index contributed by atoms with van der Waals surface area (Å²) in [4.78, 5) is 14.2. The third-order valence-electron chi connectivity index (χ3n) is 3.52. The first-order chi connectivity index (χ1) is 12.1. The van der Waals surface area contributed by atoms with E-state index in [-0.39, 0.29) is 29.3 Å². The van der Waals surface area contributed by atoms with E-state index >= 15 is 0 Å². The number of benzene rings is 2. The lowest BCUT2D eigenvalue weighted by Gasteiger charge is -2.18. The van der Waals surface area contributed by atoms with Crippen LogP contribution in [0.25, 0.3) is 0 Å². The topological polar surface area (TPSA) is 29.1 Å². The molecule has 2 nitrogen and oxygen atoms in total. The van der Waals surface area contributed by atoms with E-state index in [9.17, 15) is 13.6 Å². The van der Waals surface area contributed by atoms with Gasteiger partial charge in [0.25, 0.3) is 0 Å². The molecule has 0 aliphatic carbocycles. The minimum Gasteiger partial charge on any atom is -0.344 e. The number of carbonyl (C=O) groups is 1. The predicted octanol–water partition coefficient (Wildman–Crippen LogP) is 5.02. The van der Waals surface area contributed by atoms with Crippen LogP contribution in [0.3, 0.4) is 0 Å². The van der Waals surface area contributed by atoms with Crippen LogP contribution in [0, 0.1) is 11.6 Å². The van der Waals surface area contributed by atoms with E-state index < -0.39 is 0 Å². The van der Waals surface area contributed by atoms with Gasteiger partial charge >= 0.3 is 0 Å². The van der Waals surface area contributed by atoms with Crippen molar-refractivity contribution in [3.05, 3.63) is 88.1 Å². The number of nitrogens with one attached hydrogen (secondary N) is 1. The predicted molar refractivity (Wildman–Crippen MR) is 97.8 cm³/mol. The summed E-state index contributed by atoms with van der Waals surface area (Å²) in [6, 6.07) is 15.7. The van der Waals surface area contributed by atoms with E-state index in [0.29, 0.717) is 0 Å². The maximum atomic E-state index is 13.2. The first kappa shape index (κ1) is 17.6. The van der Waals surface area contributed by atoms with Gasteiger partial charge in [-0.15, -0.1) is 23.1 Å². The van der Waals surface area contributed by atoms with Crippen LogP contribution in [0.15, 0.2) is 70.9 Å². The molecule has 25 heavy (non-hydrogen) atoms. The summed E-state index contributed by atoms with van der Waals surface area (Å²) >= 11 is 2.87. The molecule has 6 heteroatoms. The highest BCUT2D eigenvalue weighted by atomic mass is 32.2. The van der Waals surface area contributed by atoms with E-state index in [1.54, 1.807) is 24.3 Å². The van der Waals surface area contributed by atoms with E-state index in [2.05, 4.69) is 5.32 Å². The lowest BCUT2D eigenvalue weighted by atomic mass is 10.1. The highest BCUT2D eigenvalue weighted by Crippen LogP contribution is 2.27. The fourth-order valence-electron chi connectivity index (χ4n) is 2.31. The Morgan fingerprint density at radius 2 is 1.64 bits per heavy atom. The molecule has 0 saturated carbocycles. The normalized spacial score (nSPS) is 11.9. The van der Waals surface area contributed by atoms with Crippen LogP contribution in [0.4, 0.5) is 8.78 Å². The minimum absolute atomic E-state index is 0.142. The van der Waals surface area contributed by atoms with Crippen molar-refractivity contribution in [2.75, 3.05) is 5.75 Å². The molecule has 1 amide bonds. The number of hydrogen-bond donors (Lipinski definition) is 1. The van der Waals surface area contributed by atoms with Gasteiger partial charge in [0.05, 0.1) is 11.8 Å². The summed E-state index contributed by atoms with van der Waals surface area (Å²) in [5.74, 6) is -0.541. The molecular weight excluding hydrogens is 360 g/mol. The van der Waals surface area contributed by atoms with Crippen LogP contribution in [0.1, 0.15) is 16.5 Å². The van der Waals surface area contributed by atoms with Gasteiger partial charge in [0.1, 0.15) is 11.6 Å². The number of thioether (sulfide) groups is 1. The first-order valence-corrected chi connectivity index (χ1v) is 9.45. The molecule has 0 fully saturated rings. The fourth-order valence-corrected chi connectivity index (χ4v) is 3.82. The van der Waals surface area contributed by atoms with Gasteiger partial charge in [0.2, 0.25) is 5.91 Å². The van der Waals surface area contributed by atoms with Crippen molar-refractivity contribution in [3.63, 3.8) is 0 Å². The Balaban J connectivity index is 1.68. The molecule has 0 spiro atoms. The molecule has 1 heterocycles. The molecule has 1 N–H and O–H groups in total. The standard InChI is InChI=1S/C19H15F2NOS2/c20-14-5-3-13(4-6-14)19(17-2-1-11-24-17)22-18(23)12-25-16-9-7-15(21)8-10-16/h1-11,19H,12H2,(H,22,23). The third kappa shape index (κ3) is 4.90. The van der Waals surface area contributed by atoms with Crippen molar-refractivity contribution in [1.82, 2.24) is 5.32 Å². The Labute approximate surface area is 152 Å². The lowest BCUT2D eigenvalue weighted by molar-refractivity contribution is -0.119. The van der Waals surface area contributed by atoms with E-state index in [1.807, 2.05) is 17.5 Å². The molecule has 0 aliphatic heterocycles. The zero-order chi connectivity index (χ0) is 17.6. The number of rotatable bonds is 6. The molecule has 3 aromatic rings. The number of thiophene rings is 1. The average molecular weight is 375 g/mol. The van der Waals surface area contributed by atoms with Crippen molar-refractivity contribution >= 4 is 29.0 Å². The van der Waals surface area contributed by atoms with Crippen LogP contribution in [0.2, 0.25) is 0 Å². The Morgan fingerprint density at radius 3 is 2.24 bits per heavy atom. The molecule has 0 radical (unpaired) electrons. The van der Waals surface area contributed by atoms with Gasteiger partial charge in [-0.25, -0.2) is 8.78 Å². The number of carbonyl (C=O) groups excluding carboxylic acids is 1. The number of hydrogen-bond acceptors (Lipinski definition) is 3. The monoisotopic (exact) mass is 375 g/mol. The molecule has 0 bridgehead atoms. The maximum Gasteiger partial charge on any atom is 0.231 e. The zero-order valence-electron chi connectivity index (χ0n) is 13.1. The summed E-state index contributed by atoms with van der Waals surface area (Å²) in [6.07, 6.45) is 0. The molecule has 0 aliphatic rings. The number of halogens is 2. The van der Waals surface area contributed by atoms with Gasteiger partial charge in [-0.2, -0.15) is 0 Å². The average Bonchev–Trinajstić information content (AvgIpc) is 3.14. The summed E-state index contributed by atoms with van der Waals surface area (Å²) < 4.78 is 26.1. The second kappa shape index (κ2) is 8.27. The third-order valence-corrected chi connectivity index (χ3v) is 5.47. The van der Waals surface area contributed by atoms with Gasteiger partial charge < -0.3 is 5.32 Å². The van der Waals surface area contributed by atoms with Gasteiger partial charge in [0, 0.05) is 9.77 Å². The van der Waals surface area contributed by atoms with Crippen LogP contribution in [-0.4, -0.2) is 11.7 Å². The molecule has 3 rings (SSSR count). The molecule has 1 unspecified atom stereocenters. The fraction of sp³-hybridized carbons (Fsp3) is 0.105. The van der Waals surface area contributed by atoms with Crippen LogP contribution in [-0.2, 0) is 4.79 Å².